The van der Waals surface area contributed by atoms with Gasteiger partial charge in [0, 0.05) is 44.5 Å². The average Bonchev–Trinajstić information content (AvgIpc) is 3.14. The summed E-state index contributed by atoms with van der Waals surface area (Å²) in [6.45, 7) is 10.9. The number of amides is 2. The molecule has 1 aliphatic heterocycles. The van der Waals surface area contributed by atoms with Gasteiger partial charge in [-0.1, -0.05) is 19.9 Å². The summed E-state index contributed by atoms with van der Waals surface area (Å²) in [5, 5.41) is 6.56. The highest BCUT2D eigenvalue weighted by Gasteiger charge is 2.31. The third kappa shape index (κ3) is 6.20. The molecule has 0 spiro atoms. The van der Waals surface area contributed by atoms with Gasteiger partial charge in [-0.3, -0.25) is 14.5 Å². The maximum Gasteiger partial charge on any atom is 0.251 e. The van der Waals surface area contributed by atoms with E-state index in [1.54, 1.807) is 4.90 Å². The van der Waals surface area contributed by atoms with Crippen molar-refractivity contribution in [3.8, 4) is 0 Å². The molecule has 0 unspecified atom stereocenters. The van der Waals surface area contributed by atoms with Crippen molar-refractivity contribution in [2.75, 3.05) is 39.0 Å². The minimum atomic E-state index is -0.0364. The standard InChI is InChI=1S/C23H38N4O2/c1-16(2)18(4)25-20-11-7-10-19(17(20)3)22(28)24-13-9-15-27-14-8-12-21(27)23(29)26(5)6/h7,10-11,16,18,21,25H,8-9,12-15H2,1-6H3,(H,24,28)/t18-,21-/m1/s1. The summed E-state index contributed by atoms with van der Waals surface area (Å²) < 4.78 is 0. The van der Waals surface area contributed by atoms with E-state index >= 15 is 0 Å². The number of nitrogens with one attached hydrogen (secondary N) is 2. The Kier molecular flexibility index (Phi) is 8.50. The maximum atomic E-state index is 12.7. The van der Waals surface area contributed by atoms with Crippen LogP contribution in [0.25, 0.3) is 0 Å². The molecule has 1 aromatic carbocycles. The van der Waals surface area contributed by atoms with Gasteiger partial charge in [0.2, 0.25) is 5.91 Å². The highest BCUT2D eigenvalue weighted by atomic mass is 16.2. The molecule has 6 nitrogen and oxygen atoms in total. The van der Waals surface area contributed by atoms with Crippen molar-refractivity contribution in [2.45, 2.75) is 59.0 Å². The first-order chi connectivity index (χ1) is 13.7. The van der Waals surface area contributed by atoms with Crippen molar-refractivity contribution in [2.24, 2.45) is 5.92 Å². The monoisotopic (exact) mass is 402 g/mol. The molecule has 0 saturated carbocycles. The van der Waals surface area contributed by atoms with Gasteiger partial charge in [-0.15, -0.1) is 0 Å². The van der Waals surface area contributed by atoms with E-state index in [1.165, 1.54) is 0 Å². The van der Waals surface area contributed by atoms with Crippen LogP contribution >= 0.6 is 0 Å². The van der Waals surface area contributed by atoms with Gasteiger partial charge in [0.25, 0.3) is 5.91 Å². The molecule has 162 valence electrons. The summed E-state index contributed by atoms with van der Waals surface area (Å²) in [6.07, 6.45) is 2.83. The molecule has 2 N–H and O–H groups in total. The van der Waals surface area contributed by atoms with Gasteiger partial charge < -0.3 is 15.5 Å². The van der Waals surface area contributed by atoms with Crippen LogP contribution in [0.15, 0.2) is 18.2 Å². The zero-order valence-electron chi connectivity index (χ0n) is 18.9. The second-order valence-electron chi connectivity index (χ2n) is 8.69. The fourth-order valence-corrected chi connectivity index (χ4v) is 3.70. The number of benzene rings is 1. The fraction of sp³-hybridized carbons (Fsp3) is 0.652. The summed E-state index contributed by atoms with van der Waals surface area (Å²) in [5.41, 5.74) is 2.71. The van der Waals surface area contributed by atoms with E-state index < -0.39 is 0 Å². The third-order valence-corrected chi connectivity index (χ3v) is 5.96. The number of likely N-dealkylation sites (N-methyl/N-ethyl adjacent to an activating group) is 1. The molecule has 0 radical (unpaired) electrons. The first kappa shape index (κ1) is 23.2. The Bertz CT molecular complexity index is 702. The molecule has 0 aliphatic carbocycles. The first-order valence-corrected chi connectivity index (χ1v) is 10.8. The fourth-order valence-electron chi connectivity index (χ4n) is 3.70. The van der Waals surface area contributed by atoms with E-state index in [1.807, 2.05) is 39.2 Å². The van der Waals surface area contributed by atoms with E-state index in [2.05, 4.69) is 36.3 Å². The van der Waals surface area contributed by atoms with Crippen LogP contribution < -0.4 is 10.6 Å². The Balaban J connectivity index is 1.86. The summed E-state index contributed by atoms with van der Waals surface area (Å²) >= 11 is 0. The van der Waals surface area contributed by atoms with Gasteiger partial charge in [0.15, 0.2) is 0 Å². The Morgan fingerprint density at radius 2 is 1.97 bits per heavy atom. The lowest BCUT2D eigenvalue weighted by molar-refractivity contribution is -0.133. The number of rotatable bonds is 9. The number of anilines is 1. The second kappa shape index (κ2) is 10.6. The van der Waals surface area contributed by atoms with Crippen LogP contribution in [0.2, 0.25) is 0 Å². The second-order valence-corrected chi connectivity index (χ2v) is 8.69. The molecule has 2 amide bonds. The zero-order chi connectivity index (χ0) is 21.6. The van der Waals surface area contributed by atoms with E-state index in [-0.39, 0.29) is 17.9 Å². The van der Waals surface area contributed by atoms with E-state index in [0.717, 1.165) is 43.6 Å². The van der Waals surface area contributed by atoms with Crippen molar-refractivity contribution in [3.63, 3.8) is 0 Å². The molecule has 1 fully saturated rings. The number of hydrogen-bond acceptors (Lipinski definition) is 4. The van der Waals surface area contributed by atoms with E-state index in [4.69, 9.17) is 0 Å². The Morgan fingerprint density at radius 1 is 1.24 bits per heavy atom. The number of nitrogens with zero attached hydrogens (tertiary/aromatic N) is 2. The molecule has 1 aromatic rings. The maximum absolute atomic E-state index is 12.7. The quantitative estimate of drug-likeness (QED) is 0.623. The van der Waals surface area contributed by atoms with Crippen molar-refractivity contribution in [3.05, 3.63) is 29.3 Å². The lowest BCUT2D eigenvalue weighted by atomic mass is 10.0. The minimum Gasteiger partial charge on any atom is -0.382 e. The van der Waals surface area contributed by atoms with Crippen LogP contribution in [0.3, 0.4) is 0 Å². The van der Waals surface area contributed by atoms with Gasteiger partial charge in [-0.2, -0.15) is 0 Å². The summed E-state index contributed by atoms with van der Waals surface area (Å²) in [7, 11) is 3.62. The number of hydrogen-bond donors (Lipinski definition) is 2. The van der Waals surface area contributed by atoms with Crippen molar-refractivity contribution < 1.29 is 9.59 Å². The topological polar surface area (TPSA) is 64.7 Å². The summed E-state index contributed by atoms with van der Waals surface area (Å²) in [6, 6.07) is 6.17. The Morgan fingerprint density at radius 3 is 2.62 bits per heavy atom. The van der Waals surface area contributed by atoms with Gasteiger partial charge in [0.1, 0.15) is 0 Å². The SMILES string of the molecule is Cc1c(N[C@H](C)C(C)C)cccc1C(=O)NCCCN1CCC[C@@H]1C(=O)N(C)C. The van der Waals surface area contributed by atoms with Gasteiger partial charge >= 0.3 is 0 Å². The van der Waals surface area contributed by atoms with Crippen molar-refractivity contribution in [1.29, 1.82) is 0 Å². The third-order valence-electron chi connectivity index (χ3n) is 5.96. The normalized spacial score (nSPS) is 18.0. The van der Waals surface area contributed by atoms with Crippen LogP contribution in [0, 0.1) is 12.8 Å². The average molecular weight is 403 g/mol. The summed E-state index contributed by atoms with van der Waals surface area (Å²) in [5.74, 6) is 0.661. The number of carbonyl (C=O) groups excluding carboxylic acids is 2. The van der Waals surface area contributed by atoms with Crippen LogP contribution in [0.5, 0.6) is 0 Å². The van der Waals surface area contributed by atoms with Gasteiger partial charge in [-0.05, 0) is 63.3 Å². The predicted molar refractivity (Wildman–Crippen MR) is 119 cm³/mol. The van der Waals surface area contributed by atoms with E-state index in [0.29, 0.717) is 24.1 Å². The smallest absolute Gasteiger partial charge is 0.251 e. The van der Waals surface area contributed by atoms with Crippen LogP contribution in [0.4, 0.5) is 5.69 Å². The van der Waals surface area contributed by atoms with Gasteiger partial charge in [0.05, 0.1) is 6.04 Å². The zero-order valence-corrected chi connectivity index (χ0v) is 18.9. The highest BCUT2D eigenvalue weighted by Crippen LogP contribution is 2.22. The molecule has 0 bridgehead atoms. The highest BCUT2D eigenvalue weighted by molar-refractivity contribution is 5.97. The molecule has 1 aliphatic rings. The van der Waals surface area contributed by atoms with Crippen molar-refractivity contribution in [1.82, 2.24) is 15.1 Å². The lowest BCUT2D eigenvalue weighted by Gasteiger charge is -2.26. The molecular formula is C23H38N4O2. The molecule has 1 heterocycles. The largest absolute Gasteiger partial charge is 0.382 e. The Labute approximate surface area is 176 Å². The molecule has 0 aromatic heterocycles. The minimum absolute atomic E-state index is 0.00588. The Hall–Kier alpha value is -2.08. The molecule has 2 rings (SSSR count). The number of carbonyl (C=O) groups is 2. The van der Waals surface area contributed by atoms with Crippen LogP contribution in [0.1, 0.15) is 56.0 Å². The predicted octanol–water partition coefficient (Wildman–Crippen LogP) is 3.12. The molecule has 29 heavy (non-hydrogen) atoms. The molecular weight excluding hydrogens is 364 g/mol. The van der Waals surface area contributed by atoms with Gasteiger partial charge in [-0.25, -0.2) is 0 Å². The van der Waals surface area contributed by atoms with Crippen LogP contribution in [-0.2, 0) is 4.79 Å². The lowest BCUT2D eigenvalue weighted by Crippen LogP contribution is -2.43. The number of likely N-dealkylation sites (tertiary alicyclic amines) is 1. The molecule has 1 saturated heterocycles. The van der Waals surface area contributed by atoms with Crippen LogP contribution in [-0.4, -0.2) is 67.4 Å². The molecule has 2 atom stereocenters. The van der Waals surface area contributed by atoms with E-state index in [9.17, 15) is 9.59 Å². The molecule has 6 heteroatoms. The van der Waals surface area contributed by atoms with Crippen molar-refractivity contribution >= 4 is 17.5 Å². The first-order valence-electron chi connectivity index (χ1n) is 10.8. The summed E-state index contributed by atoms with van der Waals surface area (Å²) in [4.78, 5) is 28.9.